The molecule has 5 nitrogen and oxygen atoms in total. The third-order valence-corrected chi connectivity index (χ3v) is 3.89. The molecule has 2 rings (SSSR count). The van der Waals surface area contributed by atoms with Gasteiger partial charge in [-0.05, 0) is 19.3 Å². The fraction of sp³-hybridized carbons (Fsp3) is 0.867. The maximum atomic E-state index is 6.02. The molecule has 20 heavy (non-hydrogen) atoms. The molecule has 5 heteroatoms. The van der Waals surface area contributed by atoms with Crippen LogP contribution in [0.4, 0.5) is 0 Å². The van der Waals surface area contributed by atoms with Crippen LogP contribution in [-0.2, 0) is 4.74 Å². The third kappa shape index (κ3) is 4.56. The summed E-state index contributed by atoms with van der Waals surface area (Å²) in [5.74, 6) is 1.77. The molecule has 0 aliphatic heterocycles. The maximum absolute atomic E-state index is 6.02. The second-order valence-electron chi connectivity index (χ2n) is 5.71. The van der Waals surface area contributed by atoms with Crippen molar-refractivity contribution in [2.75, 3.05) is 13.2 Å². The lowest BCUT2D eigenvalue weighted by atomic mass is 9.91. The van der Waals surface area contributed by atoms with Crippen LogP contribution in [-0.4, -0.2) is 23.4 Å². The van der Waals surface area contributed by atoms with Crippen LogP contribution in [0.5, 0.6) is 0 Å². The molecule has 114 valence electrons. The molecule has 1 atom stereocenters. The van der Waals surface area contributed by atoms with Crippen LogP contribution in [0.3, 0.4) is 0 Å². The first-order valence-corrected chi connectivity index (χ1v) is 7.98. The lowest BCUT2D eigenvalue weighted by Crippen LogP contribution is -2.19. The van der Waals surface area contributed by atoms with Crippen LogP contribution >= 0.6 is 0 Å². The molecule has 1 unspecified atom stereocenters. The Hall–Kier alpha value is -0.940. The van der Waals surface area contributed by atoms with Gasteiger partial charge in [-0.2, -0.15) is 4.98 Å². The van der Waals surface area contributed by atoms with E-state index in [9.17, 15) is 0 Å². The smallest absolute Gasteiger partial charge is 0.229 e. The molecule has 0 aromatic carbocycles. The minimum absolute atomic E-state index is 0.285. The van der Waals surface area contributed by atoms with E-state index in [4.69, 9.17) is 15.0 Å². The molecule has 0 spiro atoms. The molecule has 1 aliphatic rings. The first kappa shape index (κ1) is 15.4. The Bertz CT molecular complexity index is 373. The van der Waals surface area contributed by atoms with E-state index >= 15 is 0 Å². The monoisotopic (exact) mass is 281 g/mol. The van der Waals surface area contributed by atoms with Crippen LogP contribution in [0, 0.1) is 0 Å². The van der Waals surface area contributed by atoms with Gasteiger partial charge in [-0.15, -0.1) is 0 Å². The van der Waals surface area contributed by atoms with Gasteiger partial charge in [0.25, 0.3) is 0 Å². The number of aromatic nitrogens is 2. The normalized spacial score (nSPS) is 19.5. The zero-order valence-electron chi connectivity index (χ0n) is 12.5. The van der Waals surface area contributed by atoms with Crippen molar-refractivity contribution >= 4 is 0 Å². The van der Waals surface area contributed by atoms with Crippen molar-refractivity contribution < 1.29 is 9.26 Å². The highest BCUT2D eigenvalue weighted by molar-refractivity contribution is 4.98. The van der Waals surface area contributed by atoms with Crippen LogP contribution in [0.25, 0.3) is 0 Å². The summed E-state index contributed by atoms with van der Waals surface area (Å²) in [5.41, 5.74) is 6.02. The second kappa shape index (κ2) is 8.37. The minimum atomic E-state index is -0.285. The Balaban J connectivity index is 1.89. The molecular formula is C15H27N3O2. The molecule has 1 aliphatic carbocycles. The van der Waals surface area contributed by atoms with Crippen molar-refractivity contribution in [3.63, 3.8) is 0 Å². The van der Waals surface area contributed by atoms with Crippen molar-refractivity contribution in [3.8, 4) is 0 Å². The van der Waals surface area contributed by atoms with Gasteiger partial charge in [0, 0.05) is 12.5 Å². The van der Waals surface area contributed by atoms with Gasteiger partial charge >= 0.3 is 0 Å². The van der Waals surface area contributed by atoms with E-state index < -0.39 is 0 Å². The largest absolute Gasteiger partial charge is 0.379 e. The molecule has 1 fully saturated rings. The summed E-state index contributed by atoms with van der Waals surface area (Å²) in [6.45, 7) is 3.26. The molecule has 2 N–H and O–H groups in total. The standard InChI is InChI=1S/C15H27N3O2/c1-2-10-19-11-13(16)14-17-15(20-18-14)12-8-6-4-3-5-7-9-12/h12-13H,2-11,16H2,1H3. The molecule has 0 saturated heterocycles. The van der Waals surface area contributed by atoms with Gasteiger partial charge in [-0.25, -0.2) is 0 Å². The number of nitrogens with two attached hydrogens (primary N) is 1. The molecule has 1 aromatic rings. The highest BCUT2D eigenvalue weighted by Crippen LogP contribution is 2.30. The first-order valence-electron chi connectivity index (χ1n) is 7.98. The second-order valence-corrected chi connectivity index (χ2v) is 5.71. The molecule has 1 aromatic heterocycles. The number of ether oxygens (including phenoxy) is 1. The Morgan fingerprint density at radius 2 is 1.95 bits per heavy atom. The van der Waals surface area contributed by atoms with Crippen molar-refractivity contribution in [2.24, 2.45) is 5.73 Å². The van der Waals surface area contributed by atoms with Crippen molar-refractivity contribution in [1.29, 1.82) is 0 Å². The molecule has 0 amide bonds. The topological polar surface area (TPSA) is 74.2 Å². The van der Waals surface area contributed by atoms with E-state index in [0.29, 0.717) is 18.3 Å². The molecule has 0 radical (unpaired) electrons. The summed E-state index contributed by atoms with van der Waals surface area (Å²) >= 11 is 0. The van der Waals surface area contributed by atoms with Crippen LogP contribution in [0.2, 0.25) is 0 Å². The van der Waals surface area contributed by atoms with Gasteiger partial charge in [0.05, 0.1) is 12.6 Å². The van der Waals surface area contributed by atoms with Gasteiger partial charge in [-0.3, -0.25) is 0 Å². The average Bonchev–Trinajstić information content (AvgIpc) is 2.88. The number of rotatable bonds is 6. The van der Waals surface area contributed by atoms with E-state index in [-0.39, 0.29) is 6.04 Å². The van der Waals surface area contributed by atoms with Crippen LogP contribution in [0.15, 0.2) is 4.52 Å². The maximum Gasteiger partial charge on any atom is 0.229 e. The Morgan fingerprint density at radius 1 is 1.25 bits per heavy atom. The summed E-state index contributed by atoms with van der Waals surface area (Å²) in [6, 6.07) is -0.285. The number of hydrogen-bond acceptors (Lipinski definition) is 5. The highest BCUT2D eigenvalue weighted by atomic mass is 16.5. The first-order chi connectivity index (χ1) is 9.81. The highest BCUT2D eigenvalue weighted by Gasteiger charge is 2.22. The van der Waals surface area contributed by atoms with Crippen LogP contribution < -0.4 is 5.73 Å². The zero-order chi connectivity index (χ0) is 14.2. The van der Waals surface area contributed by atoms with E-state index in [0.717, 1.165) is 31.8 Å². The fourth-order valence-electron chi connectivity index (χ4n) is 2.70. The Kier molecular flexibility index (Phi) is 6.47. The lowest BCUT2D eigenvalue weighted by molar-refractivity contribution is 0.119. The lowest BCUT2D eigenvalue weighted by Gasteiger charge is -2.15. The Morgan fingerprint density at radius 3 is 2.65 bits per heavy atom. The quantitative estimate of drug-likeness (QED) is 0.810. The van der Waals surface area contributed by atoms with Gasteiger partial charge in [0.2, 0.25) is 5.89 Å². The van der Waals surface area contributed by atoms with Gasteiger partial charge in [0.15, 0.2) is 5.82 Å². The van der Waals surface area contributed by atoms with Gasteiger partial charge in [0.1, 0.15) is 0 Å². The van der Waals surface area contributed by atoms with Gasteiger partial charge in [-0.1, -0.05) is 44.2 Å². The molecular weight excluding hydrogens is 254 g/mol. The van der Waals surface area contributed by atoms with E-state index in [1.54, 1.807) is 0 Å². The van der Waals surface area contributed by atoms with Crippen LogP contribution in [0.1, 0.15) is 82.0 Å². The predicted octanol–water partition coefficient (Wildman–Crippen LogP) is 3.32. The number of hydrogen-bond donors (Lipinski definition) is 1. The van der Waals surface area contributed by atoms with Crippen molar-refractivity contribution in [2.45, 2.75) is 70.3 Å². The SMILES string of the molecule is CCCOCC(N)c1noc(C2CCCCCCC2)n1. The summed E-state index contributed by atoms with van der Waals surface area (Å²) in [4.78, 5) is 4.50. The minimum Gasteiger partial charge on any atom is -0.379 e. The van der Waals surface area contributed by atoms with E-state index in [1.165, 1.54) is 32.1 Å². The zero-order valence-corrected chi connectivity index (χ0v) is 12.5. The van der Waals surface area contributed by atoms with Crippen molar-refractivity contribution in [3.05, 3.63) is 11.7 Å². The predicted molar refractivity (Wildman–Crippen MR) is 77.4 cm³/mol. The molecule has 1 saturated carbocycles. The Labute approximate surface area is 121 Å². The third-order valence-electron chi connectivity index (χ3n) is 3.89. The van der Waals surface area contributed by atoms with E-state index in [2.05, 4.69) is 17.1 Å². The summed E-state index contributed by atoms with van der Waals surface area (Å²) in [5, 5.41) is 4.03. The molecule has 0 bridgehead atoms. The molecule has 1 heterocycles. The fourth-order valence-corrected chi connectivity index (χ4v) is 2.70. The summed E-state index contributed by atoms with van der Waals surface area (Å²) in [6.07, 6.45) is 9.83. The van der Waals surface area contributed by atoms with E-state index in [1.807, 2.05) is 0 Å². The summed E-state index contributed by atoms with van der Waals surface area (Å²) < 4.78 is 10.9. The summed E-state index contributed by atoms with van der Waals surface area (Å²) in [7, 11) is 0. The van der Waals surface area contributed by atoms with Crippen molar-refractivity contribution in [1.82, 2.24) is 10.1 Å². The average molecular weight is 281 g/mol. The van der Waals surface area contributed by atoms with Gasteiger partial charge < -0.3 is 15.0 Å². The number of nitrogens with zero attached hydrogens (tertiary/aromatic N) is 2.